The molecule has 0 unspecified atom stereocenters. The van der Waals surface area contributed by atoms with Crippen LogP contribution in [0, 0.1) is 0 Å². The molecule has 0 atom stereocenters. The molecule has 0 heterocycles. The van der Waals surface area contributed by atoms with E-state index in [2.05, 4.69) is 0 Å². The van der Waals surface area contributed by atoms with Gasteiger partial charge in [0.2, 0.25) is 0 Å². The largest absolute Gasteiger partial charge is 0.516 e. The summed E-state index contributed by atoms with van der Waals surface area (Å²) in [7, 11) is 0. The predicted molar refractivity (Wildman–Crippen MR) is 97.6 cm³/mol. The first-order valence-corrected chi connectivity index (χ1v) is 7.91. The lowest BCUT2D eigenvalue weighted by molar-refractivity contribution is 0.104. The number of phenols is 4. The van der Waals surface area contributed by atoms with E-state index in [0.717, 1.165) is 12.3 Å². The molecule has 0 radical (unpaired) electrons. The van der Waals surface area contributed by atoms with Gasteiger partial charge < -0.3 is 25.5 Å². The number of carbonyl (C=O) groups is 1. The van der Waals surface area contributed by atoms with Crippen LogP contribution in [0.2, 0.25) is 0 Å². The van der Waals surface area contributed by atoms with Crippen LogP contribution in [-0.2, 0) is 6.42 Å². The van der Waals surface area contributed by atoms with E-state index in [1.807, 2.05) is 0 Å². The Kier molecular flexibility index (Phi) is 5.90. The second-order valence-corrected chi connectivity index (χ2v) is 5.88. The Labute approximate surface area is 150 Å². The van der Waals surface area contributed by atoms with Gasteiger partial charge in [-0.05, 0) is 61.8 Å². The molecule has 2 aromatic rings. The van der Waals surface area contributed by atoms with Crippen molar-refractivity contribution in [3.05, 3.63) is 64.9 Å². The lowest BCUT2D eigenvalue weighted by Gasteiger charge is -2.10. The van der Waals surface area contributed by atoms with E-state index in [-0.39, 0.29) is 28.6 Å². The van der Waals surface area contributed by atoms with Gasteiger partial charge in [0.1, 0.15) is 23.0 Å². The van der Waals surface area contributed by atoms with E-state index < -0.39 is 5.78 Å². The fraction of sp³-hybridized carbons (Fsp3) is 0.150. The second-order valence-electron chi connectivity index (χ2n) is 5.88. The molecule has 0 spiro atoms. The number of aromatic hydroxyl groups is 4. The van der Waals surface area contributed by atoms with Crippen molar-refractivity contribution >= 4 is 11.9 Å². The molecule has 0 aliphatic heterocycles. The standard InChI is InChI=1S/C20H20O6/c1-12(11-21)2-6-16-18(24)9-4-13(20(16)26)3-8-17(23)15-7-5-14(22)10-19(15)25/h3-5,7-11,21-22,24-26H,2,6H2,1H3/b8-3+,12-11+. The summed E-state index contributed by atoms with van der Waals surface area (Å²) in [5, 5.41) is 48.2. The average Bonchev–Trinajstić information content (AvgIpc) is 2.60. The summed E-state index contributed by atoms with van der Waals surface area (Å²) in [4.78, 5) is 12.2. The number of rotatable bonds is 6. The highest BCUT2D eigenvalue weighted by atomic mass is 16.3. The van der Waals surface area contributed by atoms with Crippen LogP contribution in [0.15, 0.2) is 48.2 Å². The molecule has 6 nitrogen and oxygen atoms in total. The lowest BCUT2D eigenvalue weighted by Crippen LogP contribution is -1.95. The van der Waals surface area contributed by atoms with Crippen molar-refractivity contribution in [1.82, 2.24) is 0 Å². The number of carbonyl (C=O) groups excluding carboxylic acids is 1. The third kappa shape index (κ3) is 4.36. The number of aliphatic hydroxyl groups is 1. The number of hydrogen-bond donors (Lipinski definition) is 5. The monoisotopic (exact) mass is 356 g/mol. The maximum atomic E-state index is 12.2. The molecule has 6 heteroatoms. The van der Waals surface area contributed by atoms with Crippen molar-refractivity contribution in [2.45, 2.75) is 19.8 Å². The molecule has 0 bridgehead atoms. The molecule has 0 saturated carbocycles. The van der Waals surface area contributed by atoms with Crippen LogP contribution in [-0.4, -0.2) is 31.3 Å². The van der Waals surface area contributed by atoms with Gasteiger partial charge in [-0.15, -0.1) is 0 Å². The van der Waals surface area contributed by atoms with Crippen LogP contribution in [0.3, 0.4) is 0 Å². The topological polar surface area (TPSA) is 118 Å². The molecule has 26 heavy (non-hydrogen) atoms. The first kappa shape index (κ1) is 18.9. The van der Waals surface area contributed by atoms with Gasteiger partial charge >= 0.3 is 0 Å². The number of benzene rings is 2. The van der Waals surface area contributed by atoms with E-state index in [9.17, 15) is 25.2 Å². The number of aliphatic hydroxyl groups excluding tert-OH is 1. The molecule has 136 valence electrons. The minimum absolute atomic E-state index is 0.0150. The Bertz CT molecular complexity index is 880. The van der Waals surface area contributed by atoms with Crippen LogP contribution in [0.5, 0.6) is 23.0 Å². The van der Waals surface area contributed by atoms with Crippen molar-refractivity contribution in [3.63, 3.8) is 0 Å². The highest BCUT2D eigenvalue weighted by Gasteiger charge is 2.13. The highest BCUT2D eigenvalue weighted by molar-refractivity contribution is 6.08. The van der Waals surface area contributed by atoms with E-state index in [0.29, 0.717) is 29.5 Å². The molecule has 0 aromatic heterocycles. The van der Waals surface area contributed by atoms with Crippen molar-refractivity contribution < 1.29 is 30.3 Å². The SMILES string of the molecule is C/C(=C\O)CCc1c(O)ccc(/C=C/C(=O)c2ccc(O)cc2O)c1O. The van der Waals surface area contributed by atoms with Crippen LogP contribution in [0.25, 0.3) is 6.08 Å². The molecular formula is C20H20O6. The minimum Gasteiger partial charge on any atom is -0.516 e. The molecule has 2 aromatic carbocycles. The first-order chi connectivity index (χ1) is 12.3. The summed E-state index contributed by atoms with van der Waals surface area (Å²) in [6.07, 6.45) is 4.29. The summed E-state index contributed by atoms with van der Waals surface area (Å²) >= 11 is 0. The minimum atomic E-state index is -0.504. The Balaban J connectivity index is 2.26. The number of phenolic OH excluding ortho intramolecular Hbond substituents is 4. The zero-order valence-corrected chi connectivity index (χ0v) is 14.2. The first-order valence-electron chi connectivity index (χ1n) is 7.91. The van der Waals surface area contributed by atoms with Gasteiger partial charge in [0.15, 0.2) is 5.78 Å². The molecule has 0 amide bonds. The Morgan fingerprint density at radius 1 is 1.04 bits per heavy atom. The summed E-state index contributed by atoms with van der Waals surface area (Å²) in [5.74, 6) is -1.24. The highest BCUT2D eigenvalue weighted by Crippen LogP contribution is 2.33. The average molecular weight is 356 g/mol. The van der Waals surface area contributed by atoms with E-state index in [1.165, 1.54) is 36.4 Å². The van der Waals surface area contributed by atoms with Crippen molar-refractivity contribution in [1.29, 1.82) is 0 Å². The summed E-state index contributed by atoms with van der Waals surface area (Å²) in [6.45, 7) is 1.72. The maximum Gasteiger partial charge on any atom is 0.189 e. The lowest BCUT2D eigenvalue weighted by atomic mass is 10.00. The zero-order chi connectivity index (χ0) is 19.3. The van der Waals surface area contributed by atoms with Gasteiger partial charge in [-0.25, -0.2) is 0 Å². The Hall–Kier alpha value is -3.41. The van der Waals surface area contributed by atoms with Crippen LogP contribution < -0.4 is 0 Å². The fourth-order valence-electron chi connectivity index (χ4n) is 2.40. The number of hydrogen-bond acceptors (Lipinski definition) is 6. The van der Waals surface area contributed by atoms with Gasteiger partial charge in [-0.2, -0.15) is 0 Å². The zero-order valence-electron chi connectivity index (χ0n) is 14.2. The molecule has 5 N–H and O–H groups in total. The maximum absolute atomic E-state index is 12.2. The van der Waals surface area contributed by atoms with Crippen LogP contribution >= 0.6 is 0 Å². The number of ketones is 1. The van der Waals surface area contributed by atoms with Gasteiger partial charge in [0, 0.05) is 17.2 Å². The van der Waals surface area contributed by atoms with Crippen LogP contribution in [0.4, 0.5) is 0 Å². The second kappa shape index (κ2) is 8.11. The molecular weight excluding hydrogens is 336 g/mol. The van der Waals surface area contributed by atoms with Crippen molar-refractivity contribution in [3.8, 4) is 23.0 Å². The number of allylic oxidation sites excluding steroid dienone is 2. The summed E-state index contributed by atoms with van der Waals surface area (Å²) in [6, 6.07) is 6.52. The third-order valence-electron chi connectivity index (χ3n) is 3.94. The third-order valence-corrected chi connectivity index (χ3v) is 3.94. The van der Waals surface area contributed by atoms with Gasteiger partial charge in [0.25, 0.3) is 0 Å². The van der Waals surface area contributed by atoms with Crippen molar-refractivity contribution in [2.24, 2.45) is 0 Å². The van der Waals surface area contributed by atoms with E-state index in [4.69, 9.17) is 5.11 Å². The molecule has 0 fully saturated rings. The molecule has 0 saturated heterocycles. The quantitative estimate of drug-likeness (QED) is 0.305. The van der Waals surface area contributed by atoms with Crippen molar-refractivity contribution in [2.75, 3.05) is 0 Å². The predicted octanol–water partition coefficient (Wildman–Crippen LogP) is 3.80. The van der Waals surface area contributed by atoms with E-state index in [1.54, 1.807) is 6.92 Å². The van der Waals surface area contributed by atoms with Crippen LogP contribution in [0.1, 0.15) is 34.8 Å². The smallest absolute Gasteiger partial charge is 0.189 e. The van der Waals surface area contributed by atoms with Gasteiger partial charge in [-0.1, -0.05) is 0 Å². The summed E-state index contributed by atoms with van der Waals surface area (Å²) < 4.78 is 0. The molecule has 0 aliphatic rings. The molecule has 2 rings (SSSR count). The summed E-state index contributed by atoms with van der Waals surface area (Å²) in [5.41, 5.74) is 1.35. The van der Waals surface area contributed by atoms with Gasteiger partial charge in [-0.3, -0.25) is 4.79 Å². The van der Waals surface area contributed by atoms with Gasteiger partial charge in [0.05, 0.1) is 11.8 Å². The normalized spacial score (nSPS) is 11.8. The van der Waals surface area contributed by atoms with E-state index >= 15 is 0 Å². The molecule has 0 aliphatic carbocycles. The Morgan fingerprint density at radius 2 is 1.77 bits per heavy atom. The fourth-order valence-corrected chi connectivity index (χ4v) is 2.40. The Morgan fingerprint density at radius 3 is 2.42 bits per heavy atom.